The summed E-state index contributed by atoms with van der Waals surface area (Å²) in [7, 11) is 0. The fraction of sp³-hybridized carbons (Fsp3) is 0.208. The van der Waals surface area contributed by atoms with Gasteiger partial charge < -0.3 is 10.5 Å². The van der Waals surface area contributed by atoms with Crippen molar-refractivity contribution in [2.45, 2.75) is 19.3 Å². The number of rotatable bonds is 8. The van der Waals surface area contributed by atoms with E-state index in [4.69, 9.17) is 10.5 Å². The SMILES string of the molecule is Nc1cc(-c2ccc(F)cc2OCCCCCN2C(=O)c3ccccc3C2=O)c(F)cn1. The maximum Gasteiger partial charge on any atom is 0.261 e. The molecule has 0 atom stereocenters. The van der Waals surface area contributed by atoms with Crippen LogP contribution in [0, 0.1) is 11.6 Å². The largest absolute Gasteiger partial charge is 0.493 e. The van der Waals surface area contributed by atoms with Crippen molar-refractivity contribution in [3.63, 3.8) is 0 Å². The van der Waals surface area contributed by atoms with Gasteiger partial charge in [-0.1, -0.05) is 12.1 Å². The number of amides is 2. The van der Waals surface area contributed by atoms with Crippen LogP contribution < -0.4 is 10.5 Å². The Labute approximate surface area is 183 Å². The first-order valence-corrected chi connectivity index (χ1v) is 10.2. The van der Waals surface area contributed by atoms with Crippen LogP contribution in [0.1, 0.15) is 40.0 Å². The van der Waals surface area contributed by atoms with Gasteiger partial charge in [0.1, 0.15) is 23.2 Å². The van der Waals surface area contributed by atoms with E-state index in [0.717, 1.165) is 6.20 Å². The first kappa shape index (κ1) is 21.4. The Balaban J connectivity index is 1.31. The molecule has 0 radical (unpaired) electrons. The molecule has 0 spiro atoms. The van der Waals surface area contributed by atoms with Gasteiger partial charge in [-0.3, -0.25) is 14.5 Å². The summed E-state index contributed by atoms with van der Waals surface area (Å²) >= 11 is 0. The Kier molecular flexibility index (Phi) is 6.11. The molecule has 2 heterocycles. The monoisotopic (exact) mass is 437 g/mol. The minimum atomic E-state index is -0.586. The zero-order valence-corrected chi connectivity index (χ0v) is 17.2. The molecule has 3 aromatic rings. The number of ether oxygens (including phenoxy) is 1. The molecule has 1 aliphatic heterocycles. The van der Waals surface area contributed by atoms with E-state index in [1.807, 2.05) is 0 Å². The van der Waals surface area contributed by atoms with Gasteiger partial charge in [0.15, 0.2) is 0 Å². The average Bonchev–Trinajstić information content (AvgIpc) is 3.03. The van der Waals surface area contributed by atoms with Crippen LogP contribution in [0.4, 0.5) is 14.6 Å². The maximum absolute atomic E-state index is 14.2. The average molecular weight is 437 g/mol. The molecule has 6 nitrogen and oxygen atoms in total. The summed E-state index contributed by atoms with van der Waals surface area (Å²) in [5.41, 5.74) is 7.08. The lowest BCUT2D eigenvalue weighted by atomic mass is 10.0. The van der Waals surface area contributed by atoms with Crippen LogP contribution in [0.5, 0.6) is 5.75 Å². The van der Waals surface area contributed by atoms with Crippen molar-refractivity contribution in [1.82, 2.24) is 9.88 Å². The number of carbonyl (C=O) groups excluding carboxylic acids is 2. The van der Waals surface area contributed by atoms with E-state index < -0.39 is 11.6 Å². The topological polar surface area (TPSA) is 85.5 Å². The summed E-state index contributed by atoms with van der Waals surface area (Å²) in [4.78, 5) is 29.7. The predicted molar refractivity (Wildman–Crippen MR) is 115 cm³/mol. The van der Waals surface area contributed by atoms with Crippen LogP contribution in [-0.4, -0.2) is 34.8 Å². The Morgan fingerprint density at radius 3 is 2.31 bits per heavy atom. The molecule has 1 aromatic heterocycles. The normalized spacial score (nSPS) is 12.9. The van der Waals surface area contributed by atoms with E-state index in [1.165, 1.54) is 29.2 Å². The first-order valence-electron chi connectivity index (χ1n) is 10.2. The summed E-state index contributed by atoms with van der Waals surface area (Å²) in [5, 5.41) is 0. The van der Waals surface area contributed by atoms with Crippen molar-refractivity contribution in [2.75, 3.05) is 18.9 Å². The van der Waals surface area contributed by atoms with Crippen molar-refractivity contribution < 1.29 is 23.1 Å². The third kappa shape index (κ3) is 4.30. The highest BCUT2D eigenvalue weighted by atomic mass is 19.1. The van der Waals surface area contributed by atoms with Crippen molar-refractivity contribution in [3.8, 4) is 16.9 Å². The molecule has 2 N–H and O–H groups in total. The smallest absolute Gasteiger partial charge is 0.261 e. The molecule has 0 fully saturated rings. The molecule has 2 amide bonds. The van der Waals surface area contributed by atoms with E-state index in [2.05, 4.69) is 4.98 Å². The number of hydrogen-bond donors (Lipinski definition) is 1. The number of pyridine rings is 1. The van der Waals surface area contributed by atoms with Gasteiger partial charge in [-0.25, -0.2) is 13.8 Å². The van der Waals surface area contributed by atoms with Crippen LogP contribution in [0.25, 0.3) is 11.1 Å². The van der Waals surface area contributed by atoms with Gasteiger partial charge in [0.25, 0.3) is 11.8 Å². The summed E-state index contributed by atoms with van der Waals surface area (Å²) in [5.74, 6) is -1.29. The lowest BCUT2D eigenvalue weighted by molar-refractivity contribution is 0.0651. The number of carbonyl (C=O) groups is 2. The Hall–Kier alpha value is -3.81. The van der Waals surface area contributed by atoms with Crippen molar-refractivity contribution in [2.24, 2.45) is 0 Å². The number of nitrogens with two attached hydrogens (primary N) is 1. The highest BCUT2D eigenvalue weighted by Gasteiger charge is 2.34. The second-order valence-corrected chi connectivity index (χ2v) is 7.45. The van der Waals surface area contributed by atoms with Gasteiger partial charge in [-0.05, 0) is 49.6 Å². The quantitative estimate of drug-likeness (QED) is 0.416. The highest BCUT2D eigenvalue weighted by Crippen LogP contribution is 2.33. The molecule has 0 bridgehead atoms. The van der Waals surface area contributed by atoms with Crippen LogP contribution in [-0.2, 0) is 0 Å². The zero-order valence-electron chi connectivity index (χ0n) is 17.2. The number of aromatic nitrogens is 1. The Morgan fingerprint density at radius 1 is 0.875 bits per heavy atom. The molecule has 0 saturated carbocycles. The number of fused-ring (bicyclic) bond motifs is 1. The third-order valence-electron chi connectivity index (χ3n) is 5.27. The number of benzene rings is 2. The van der Waals surface area contributed by atoms with Gasteiger partial charge >= 0.3 is 0 Å². The van der Waals surface area contributed by atoms with E-state index in [0.29, 0.717) is 42.5 Å². The lowest BCUT2D eigenvalue weighted by Gasteiger charge is -2.14. The van der Waals surface area contributed by atoms with Crippen molar-refractivity contribution in [1.29, 1.82) is 0 Å². The number of nitrogen functional groups attached to an aromatic ring is 1. The number of unbranched alkanes of at least 4 members (excludes halogenated alkanes) is 2. The standard InChI is InChI=1S/C24H21F2N3O3/c25-15-8-9-16(19-13-22(27)28-14-20(19)26)21(12-15)32-11-5-1-4-10-29-23(30)17-6-2-3-7-18(17)24(29)31/h2-3,6-9,12-14H,1,4-5,10-11H2,(H2,27,28). The number of halogens is 2. The van der Waals surface area contributed by atoms with Crippen molar-refractivity contribution >= 4 is 17.6 Å². The molecule has 2 aromatic carbocycles. The summed E-state index contributed by atoms with van der Waals surface area (Å²) in [6, 6.07) is 12.0. The van der Waals surface area contributed by atoms with Gasteiger partial charge in [0, 0.05) is 23.7 Å². The molecular formula is C24H21F2N3O3. The van der Waals surface area contributed by atoms with Gasteiger partial charge in [0.05, 0.1) is 23.9 Å². The second-order valence-electron chi connectivity index (χ2n) is 7.45. The predicted octanol–water partition coefficient (Wildman–Crippen LogP) is 4.45. The number of anilines is 1. The van der Waals surface area contributed by atoms with Crippen LogP contribution in [0.3, 0.4) is 0 Å². The minimum Gasteiger partial charge on any atom is -0.493 e. The summed E-state index contributed by atoms with van der Waals surface area (Å²) in [6.07, 6.45) is 2.92. The van der Waals surface area contributed by atoms with Crippen molar-refractivity contribution in [3.05, 3.63) is 77.5 Å². The number of imide groups is 1. The summed E-state index contributed by atoms with van der Waals surface area (Å²) in [6.45, 7) is 0.583. The fourth-order valence-corrected chi connectivity index (χ4v) is 3.67. The molecule has 4 rings (SSSR count). The fourth-order valence-electron chi connectivity index (χ4n) is 3.67. The highest BCUT2D eigenvalue weighted by molar-refractivity contribution is 6.21. The molecule has 0 saturated heterocycles. The first-order chi connectivity index (χ1) is 15.5. The zero-order chi connectivity index (χ0) is 22.7. The van der Waals surface area contributed by atoms with Crippen LogP contribution in [0.15, 0.2) is 54.7 Å². The minimum absolute atomic E-state index is 0.143. The second kappa shape index (κ2) is 9.13. The van der Waals surface area contributed by atoms with Crippen LogP contribution in [0.2, 0.25) is 0 Å². The van der Waals surface area contributed by atoms with E-state index in [9.17, 15) is 18.4 Å². The molecule has 0 aliphatic carbocycles. The van der Waals surface area contributed by atoms with Gasteiger partial charge in [0.2, 0.25) is 0 Å². The third-order valence-corrected chi connectivity index (χ3v) is 5.27. The van der Waals surface area contributed by atoms with Crippen LogP contribution >= 0.6 is 0 Å². The Bertz CT molecular complexity index is 1150. The van der Waals surface area contributed by atoms with Gasteiger partial charge in [-0.15, -0.1) is 0 Å². The molecule has 32 heavy (non-hydrogen) atoms. The lowest BCUT2D eigenvalue weighted by Crippen LogP contribution is -2.30. The molecule has 8 heteroatoms. The van der Waals surface area contributed by atoms with Gasteiger partial charge in [-0.2, -0.15) is 0 Å². The molecular weight excluding hydrogens is 416 g/mol. The molecule has 164 valence electrons. The van der Waals surface area contributed by atoms with E-state index >= 15 is 0 Å². The molecule has 0 unspecified atom stereocenters. The van der Waals surface area contributed by atoms with E-state index in [-0.39, 0.29) is 35.6 Å². The number of hydrogen-bond acceptors (Lipinski definition) is 5. The molecule has 1 aliphatic rings. The maximum atomic E-state index is 14.2. The van der Waals surface area contributed by atoms with E-state index in [1.54, 1.807) is 24.3 Å². The summed E-state index contributed by atoms with van der Waals surface area (Å²) < 4.78 is 33.7. The number of nitrogens with zero attached hydrogens (tertiary/aromatic N) is 2. The Morgan fingerprint density at radius 2 is 1.59 bits per heavy atom.